The van der Waals surface area contributed by atoms with E-state index in [1.54, 1.807) is 23.7 Å². The van der Waals surface area contributed by atoms with Gasteiger partial charge in [-0.25, -0.2) is 9.50 Å². The van der Waals surface area contributed by atoms with Gasteiger partial charge < -0.3 is 5.32 Å². The Bertz CT molecular complexity index is 724. The number of anilines is 1. The molecule has 0 bridgehead atoms. The number of nitrogens with one attached hydrogen (secondary N) is 1. The molecule has 0 spiro atoms. The third-order valence-electron chi connectivity index (χ3n) is 2.86. The Morgan fingerprint density at radius 1 is 1.20 bits per heavy atom. The Hall–Kier alpha value is -2.02. The van der Waals surface area contributed by atoms with Gasteiger partial charge in [0.25, 0.3) is 0 Å². The van der Waals surface area contributed by atoms with Crippen molar-refractivity contribution in [1.29, 1.82) is 0 Å². The van der Waals surface area contributed by atoms with E-state index < -0.39 is 0 Å². The highest BCUT2D eigenvalue weighted by molar-refractivity contribution is 7.15. The monoisotopic (exact) mass is 288 g/mol. The molecule has 3 aromatic rings. The lowest BCUT2D eigenvalue weighted by molar-refractivity contribution is 0.578. The fraction of sp³-hybridized carbons (Fsp3) is 0.385. The van der Waals surface area contributed by atoms with Crippen molar-refractivity contribution < 1.29 is 0 Å². The van der Waals surface area contributed by atoms with Gasteiger partial charge in [0.05, 0.1) is 18.4 Å². The molecule has 3 heterocycles. The van der Waals surface area contributed by atoms with Crippen LogP contribution >= 0.6 is 11.3 Å². The van der Waals surface area contributed by atoms with Gasteiger partial charge in [-0.2, -0.15) is 5.10 Å². The van der Waals surface area contributed by atoms with Crippen LogP contribution in [0.3, 0.4) is 0 Å². The Balaban J connectivity index is 1.76. The maximum atomic E-state index is 4.26. The van der Waals surface area contributed by atoms with Crippen molar-refractivity contribution in [2.75, 3.05) is 5.32 Å². The fourth-order valence-electron chi connectivity index (χ4n) is 1.78. The molecule has 0 unspecified atom stereocenters. The summed E-state index contributed by atoms with van der Waals surface area (Å²) in [5.41, 5.74) is 1.91. The van der Waals surface area contributed by atoms with E-state index >= 15 is 0 Å². The molecule has 1 N–H and O–H groups in total. The Morgan fingerprint density at radius 2 is 2.05 bits per heavy atom. The fourth-order valence-corrected chi connectivity index (χ4v) is 2.58. The number of rotatable bonds is 3. The number of nitrogens with zero attached hydrogens (tertiary/aromatic N) is 5. The van der Waals surface area contributed by atoms with Gasteiger partial charge in [0.1, 0.15) is 5.01 Å². The largest absolute Gasteiger partial charge is 0.354 e. The molecule has 0 saturated heterocycles. The van der Waals surface area contributed by atoms with E-state index in [-0.39, 0.29) is 5.41 Å². The van der Waals surface area contributed by atoms with Crippen LogP contribution in [-0.4, -0.2) is 24.8 Å². The van der Waals surface area contributed by atoms with Crippen molar-refractivity contribution in [1.82, 2.24) is 24.8 Å². The summed E-state index contributed by atoms with van der Waals surface area (Å²) in [6.07, 6.45) is 3.53. The topological polar surface area (TPSA) is 68.0 Å². The summed E-state index contributed by atoms with van der Waals surface area (Å²) in [7, 11) is 0. The van der Waals surface area contributed by atoms with E-state index in [4.69, 9.17) is 0 Å². The standard InChI is InChI=1S/C13H16N6S/c1-13(2,3)11-17-18-12(20-11)15-8-9-4-6-14-10-5-7-16-19(9)10/h4-7H,8H2,1-3H3,(H,15,18). The number of hydrogen-bond acceptors (Lipinski definition) is 6. The first-order valence-corrected chi connectivity index (χ1v) is 7.21. The molecule has 0 amide bonds. The maximum Gasteiger partial charge on any atom is 0.206 e. The smallest absolute Gasteiger partial charge is 0.206 e. The van der Waals surface area contributed by atoms with Gasteiger partial charge in [-0.15, -0.1) is 10.2 Å². The lowest BCUT2D eigenvalue weighted by Crippen LogP contribution is -2.10. The average molecular weight is 288 g/mol. The van der Waals surface area contributed by atoms with Crippen LogP contribution in [0.2, 0.25) is 0 Å². The molecular weight excluding hydrogens is 272 g/mol. The quantitative estimate of drug-likeness (QED) is 0.802. The van der Waals surface area contributed by atoms with Crippen molar-refractivity contribution in [2.45, 2.75) is 32.7 Å². The van der Waals surface area contributed by atoms with Crippen LogP contribution in [-0.2, 0) is 12.0 Å². The van der Waals surface area contributed by atoms with Crippen LogP contribution in [0.25, 0.3) is 5.65 Å². The molecule has 0 fully saturated rings. The van der Waals surface area contributed by atoms with E-state index in [2.05, 4.69) is 46.4 Å². The van der Waals surface area contributed by atoms with Crippen molar-refractivity contribution in [2.24, 2.45) is 0 Å². The molecule has 3 aromatic heterocycles. The van der Waals surface area contributed by atoms with Crippen LogP contribution in [0.1, 0.15) is 31.5 Å². The lowest BCUT2D eigenvalue weighted by atomic mass is 9.98. The first kappa shape index (κ1) is 13.0. The van der Waals surface area contributed by atoms with Gasteiger partial charge in [-0.3, -0.25) is 0 Å². The molecule has 0 aliphatic heterocycles. The number of hydrogen-bond donors (Lipinski definition) is 1. The zero-order valence-electron chi connectivity index (χ0n) is 11.7. The molecule has 0 aliphatic carbocycles. The molecule has 3 rings (SSSR count). The third kappa shape index (κ3) is 2.49. The third-order valence-corrected chi connectivity index (χ3v) is 4.16. The van der Waals surface area contributed by atoms with Crippen LogP contribution < -0.4 is 5.32 Å². The zero-order chi connectivity index (χ0) is 14.2. The highest BCUT2D eigenvalue weighted by Crippen LogP contribution is 2.27. The predicted molar refractivity (Wildman–Crippen MR) is 78.9 cm³/mol. The molecule has 20 heavy (non-hydrogen) atoms. The van der Waals surface area contributed by atoms with Crippen LogP contribution in [0.15, 0.2) is 24.5 Å². The van der Waals surface area contributed by atoms with E-state index in [1.807, 2.05) is 16.6 Å². The van der Waals surface area contributed by atoms with E-state index in [0.29, 0.717) is 6.54 Å². The van der Waals surface area contributed by atoms with E-state index in [0.717, 1.165) is 21.5 Å². The summed E-state index contributed by atoms with van der Waals surface area (Å²) in [6.45, 7) is 7.04. The average Bonchev–Trinajstić information content (AvgIpc) is 3.04. The van der Waals surface area contributed by atoms with Gasteiger partial charge in [-0.1, -0.05) is 32.1 Å². The van der Waals surface area contributed by atoms with E-state index in [1.165, 1.54) is 0 Å². The lowest BCUT2D eigenvalue weighted by Gasteiger charge is -2.12. The summed E-state index contributed by atoms with van der Waals surface area (Å²) in [4.78, 5) is 4.24. The molecule has 104 valence electrons. The van der Waals surface area contributed by atoms with Crippen molar-refractivity contribution >= 4 is 22.1 Å². The van der Waals surface area contributed by atoms with Crippen LogP contribution in [0, 0.1) is 0 Å². The maximum absolute atomic E-state index is 4.26. The minimum Gasteiger partial charge on any atom is -0.354 e. The van der Waals surface area contributed by atoms with Crippen molar-refractivity contribution in [3.05, 3.63) is 35.2 Å². The Kier molecular flexibility index (Phi) is 3.13. The summed E-state index contributed by atoms with van der Waals surface area (Å²) in [5.74, 6) is 0. The molecule has 0 aromatic carbocycles. The SMILES string of the molecule is CC(C)(C)c1nnc(NCc2ccnc3ccnn23)s1. The Labute approximate surface area is 120 Å². The first-order chi connectivity index (χ1) is 9.54. The van der Waals surface area contributed by atoms with Gasteiger partial charge >= 0.3 is 0 Å². The molecule has 0 saturated carbocycles. The van der Waals surface area contributed by atoms with Gasteiger partial charge in [0.15, 0.2) is 5.65 Å². The molecular formula is C13H16N6S. The Morgan fingerprint density at radius 3 is 2.80 bits per heavy atom. The highest BCUT2D eigenvalue weighted by Gasteiger charge is 2.19. The van der Waals surface area contributed by atoms with Crippen molar-refractivity contribution in [3.63, 3.8) is 0 Å². The minimum absolute atomic E-state index is 0.0313. The second-order valence-electron chi connectivity index (χ2n) is 5.55. The van der Waals surface area contributed by atoms with Crippen molar-refractivity contribution in [3.8, 4) is 0 Å². The molecule has 0 aliphatic rings. The predicted octanol–water partition coefficient (Wildman–Crippen LogP) is 2.49. The zero-order valence-corrected chi connectivity index (χ0v) is 12.5. The normalized spacial score (nSPS) is 11.9. The summed E-state index contributed by atoms with van der Waals surface area (Å²) >= 11 is 1.59. The number of fused-ring (bicyclic) bond motifs is 1. The number of aromatic nitrogens is 5. The van der Waals surface area contributed by atoms with Gasteiger partial charge in [-0.05, 0) is 6.07 Å². The molecule has 6 nitrogen and oxygen atoms in total. The second-order valence-corrected chi connectivity index (χ2v) is 6.53. The first-order valence-electron chi connectivity index (χ1n) is 6.39. The molecule has 7 heteroatoms. The van der Waals surface area contributed by atoms with Crippen LogP contribution in [0.4, 0.5) is 5.13 Å². The minimum atomic E-state index is 0.0313. The highest BCUT2D eigenvalue weighted by atomic mass is 32.1. The second kappa shape index (κ2) is 4.82. The summed E-state index contributed by atoms with van der Waals surface area (Å²) < 4.78 is 1.82. The molecule has 0 atom stereocenters. The van der Waals surface area contributed by atoms with Gasteiger partial charge in [0.2, 0.25) is 5.13 Å². The summed E-state index contributed by atoms with van der Waals surface area (Å²) in [6, 6.07) is 3.82. The van der Waals surface area contributed by atoms with Crippen LogP contribution in [0.5, 0.6) is 0 Å². The van der Waals surface area contributed by atoms with E-state index in [9.17, 15) is 0 Å². The molecule has 0 radical (unpaired) electrons. The summed E-state index contributed by atoms with van der Waals surface area (Å²) in [5, 5.41) is 17.8. The van der Waals surface area contributed by atoms with Gasteiger partial charge in [0, 0.05) is 17.7 Å².